The summed E-state index contributed by atoms with van der Waals surface area (Å²) in [5, 5.41) is 14.3. The molecule has 0 saturated carbocycles. The van der Waals surface area contributed by atoms with Crippen molar-refractivity contribution in [1.82, 2.24) is 5.43 Å². The molecule has 136 valence electrons. The number of aromatic hydroxyl groups is 1. The number of rotatable bonds is 6. The Balaban J connectivity index is 1.58. The summed E-state index contributed by atoms with van der Waals surface area (Å²) in [5.74, 6) is 0.100. The highest BCUT2D eigenvalue weighted by atomic mass is 35.5. The van der Waals surface area contributed by atoms with E-state index in [4.69, 9.17) is 16.3 Å². The molecule has 0 aliphatic rings. The van der Waals surface area contributed by atoms with Gasteiger partial charge in [-0.15, -0.1) is 0 Å². The first-order valence-corrected chi connectivity index (χ1v) is 8.58. The highest BCUT2D eigenvalue weighted by molar-refractivity contribution is 6.30. The number of nitrogens with zero attached hydrogens (tertiary/aromatic N) is 1. The summed E-state index contributed by atoms with van der Waals surface area (Å²) in [6.07, 6.45) is 1.51. The zero-order chi connectivity index (χ0) is 19.1. The molecule has 0 saturated heterocycles. The summed E-state index contributed by atoms with van der Waals surface area (Å²) in [7, 11) is 0. The van der Waals surface area contributed by atoms with Gasteiger partial charge in [0.1, 0.15) is 18.1 Å². The molecular weight excluding hydrogens is 364 g/mol. The Morgan fingerprint density at radius 1 is 1.07 bits per heavy atom. The van der Waals surface area contributed by atoms with Gasteiger partial charge in [0.25, 0.3) is 5.91 Å². The first-order chi connectivity index (χ1) is 13.1. The SMILES string of the molecule is O=C(N/N=C/c1cccc(OCc2ccc(Cl)cc2)c1)c1ccccc1O. The van der Waals surface area contributed by atoms with Crippen molar-refractivity contribution in [2.24, 2.45) is 5.10 Å². The average Bonchev–Trinajstić information content (AvgIpc) is 2.68. The second kappa shape index (κ2) is 8.87. The molecular formula is C21H17ClN2O3. The van der Waals surface area contributed by atoms with E-state index >= 15 is 0 Å². The van der Waals surface area contributed by atoms with Gasteiger partial charge in [-0.1, -0.05) is 48.0 Å². The lowest BCUT2D eigenvalue weighted by Crippen LogP contribution is -2.17. The van der Waals surface area contributed by atoms with E-state index in [0.717, 1.165) is 11.1 Å². The Morgan fingerprint density at radius 2 is 1.85 bits per heavy atom. The van der Waals surface area contributed by atoms with Gasteiger partial charge < -0.3 is 9.84 Å². The van der Waals surface area contributed by atoms with Gasteiger partial charge in [0.05, 0.1) is 11.8 Å². The molecule has 0 spiro atoms. The molecule has 0 aliphatic heterocycles. The van der Waals surface area contributed by atoms with Crippen LogP contribution in [0.3, 0.4) is 0 Å². The van der Waals surface area contributed by atoms with Crippen LogP contribution in [0.15, 0.2) is 77.9 Å². The number of nitrogens with one attached hydrogen (secondary N) is 1. The van der Waals surface area contributed by atoms with Gasteiger partial charge in [-0.05, 0) is 47.5 Å². The van der Waals surface area contributed by atoms with E-state index in [2.05, 4.69) is 10.5 Å². The average molecular weight is 381 g/mol. The molecule has 3 aromatic carbocycles. The number of para-hydroxylation sites is 1. The Hall–Kier alpha value is -3.31. The number of phenolic OH excluding ortho intramolecular Hbond substituents is 1. The van der Waals surface area contributed by atoms with Gasteiger partial charge in [0.15, 0.2) is 0 Å². The zero-order valence-electron chi connectivity index (χ0n) is 14.3. The molecule has 0 aliphatic carbocycles. The second-order valence-corrected chi connectivity index (χ2v) is 6.14. The van der Waals surface area contributed by atoms with Crippen LogP contribution in [0, 0.1) is 0 Å². The van der Waals surface area contributed by atoms with E-state index in [1.165, 1.54) is 18.3 Å². The first-order valence-electron chi connectivity index (χ1n) is 8.20. The molecule has 3 aromatic rings. The number of carbonyl (C=O) groups excluding carboxylic acids is 1. The molecule has 0 fully saturated rings. The highest BCUT2D eigenvalue weighted by Gasteiger charge is 2.08. The van der Waals surface area contributed by atoms with E-state index < -0.39 is 5.91 Å². The van der Waals surface area contributed by atoms with Gasteiger partial charge >= 0.3 is 0 Å². The van der Waals surface area contributed by atoms with Gasteiger partial charge in [-0.3, -0.25) is 4.79 Å². The molecule has 1 amide bonds. The van der Waals surface area contributed by atoms with Crippen LogP contribution in [-0.4, -0.2) is 17.2 Å². The maximum atomic E-state index is 12.0. The quantitative estimate of drug-likeness (QED) is 0.492. The molecule has 0 bridgehead atoms. The minimum absolute atomic E-state index is 0.0946. The van der Waals surface area contributed by atoms with Gasteiger partial charge in [0, 0.05) is 5.02 Å². The zero-order valence-corrected chi connectivity index (χ0v) is 15.1. The number of phenols is 1. The Kier molecular flexibility index (Phi) is 6.07. The number of carbonyl (C=O) groups is 1. The van der Waals surface area contributed by atoms with E-state index in [-0.39, 0.29) is 11.3 Å². The van der Waals surface area contributed by atoms with Gasteiger partial charge in [-0.25, -0.2) is 5.43 Å². The fraction of sp³-hybridized carbons (Fsp3) is 0.0476. The number of ether oxygens (including phenoxy) is 1. The van der Waals surface area contributed by atoms with E-state index in [9.17, 15) is 9.90 Å². The summed E-state index contributed by atoms with van der Waals surface area (Å²) < 4.78 is 5.76. The number of hydrogen-bond donors (Lipinski definition) is 2. The van der Waals surface area contributed by atoms with Crippen LogP contribution in [-0.2, 0) is 6.61 Å². The van der Waals surface area contributed by atoms with E-state index in [0.29, 0.717) is 17.4 Å². The van der Waals surface area contributed by atoms with Crippen molar-refractivity contribution in [3.8, 4) is 11.5 Å². The molecule has 0 unspecified atom stereocenters. The lowest BCUT2D eigenvalue weighted by Gasteiger charge is -2.07. The summed E-state index contributed by atoms with van der Waals surface area (Å²) >= 11 is 5.87. The number of amides is 1. The summed E-state index contributed by atoms with van der Waals surface area (Å²) in [6.45, 7) is 0.418. The monoisotopic (exact) mass is 380 g/mol. The van der Waals surface area contributed by atoms with Crippen LogP contribution in [0.5, 0.6) is 11.5 Å². The number of hydrazone groups is 1. The van der Waals surface area contributed by atoms with E-state index in [1.54, 1.807) is 12.1 Å². The lowest BCUT2D eigenvalue weighted by molar-refractivity contribution is 0.0952. The molecule has 2 N–H and O–H groups in total. The molecule has 0 aromatic heterocycles. The van der Waals surface area contributed by atoms with Crippen LogP contribution in [0.25, 0.3) is 0 Å². The molecule has 0 radical (unpaired) electrons. The maximum Gasteiger partial charge on any atom is 0.275 e. The first kappa shape index (κ1) is 18.5. The minimum atomic E-state index is -0.487. The Morgan fingerprint density at radius 3 is 2.63 bits per heavy atom. The van der Waals surface area contributed by atoms with Crippen LogP contribution in [0.2, 0.25) is 5.02 Å². The van der Waals surface area contributed by atoms with Gasteiger partial charge in [-0.2, -0.15) is 5.10 Å². The summed E-state index contributed by atoms with van der Waals surface area (Å²) in [5.41, 5.74) is 4.32. The van der Waals surface area contributed by atoms with Crippen LogP contribution in [0.1, 0.15) is 21.5 Å². The standard InChI is InChI=1S/C21H17ClN2O3/c22-17-10-8-15(9-11-17)14-27-18-5-3-4-16(12-18)13-23-24-21(26)19-6-1-2-7-20(19)25/h1-13,25H,14H2,(H,24,26)/b23-13+. The fourth-order valence-corrected chi connectivity index (χ4v) is 2.45. The maximum absolute atomic E-state index is 12.0. The van der Waals surface area contributed by atoms with Crippen molar-refractivity contribution < 1.29 is 14.6 Å². The van der Waals surface area contributed by atoms with Crippen molar-refractivity contribution in [3.05, 3.63) is 94.5 Å². The topological polar surface area (TPSA) is 70.9 Å². The van der Waals surface area contributed by atoms with Crippen molar-refractivity contribution in [1.29, 1.82) is 0 Å². The Bertz CT molecular complexity index is 956. The smallest absolute Gasteiger partial charge is 0.275 e. The van der Waals surface area contributed by atoms with Crippen LogP contribution >= 0.6 is 11.6 Å². The minimum Gasteiger partial charge on any atom is -0.507 e. The van der Waals surface area contributed by atoms with Crippen molar-refractivity contribution in [2.75, 3.05) is 0 Å². The lowest BCUT2D eigenvalue weighted by atomic mass is 10.2. The van der Waals surface area contributed by atoms with Crippen LogP contribution < -0.4 is 10.2 Å². The third kappa shape index (κ3) is 5.33. The molecule has 3 rings (SSSR count). The number of benzene rings is 3. The molecule has 5 nitrogen and oxygen atoms in total. The number of hydrogen-bond acceptors (Lipinski definition) is 4. The third-order valence-corrected chi connectivity index (χ3v) is 3.96. The molecule has 0 heterocycles. The summed E-state index contributed by atoms with van der Waals surface area (Å²) in [6, 6.07) is 21.0. The molecule has 0 atom stereocenters. The van der Waals surface area contributed by atoms with Crippen molar-refractivity contribution in [2.45, 2.75) is 6.61 Å². The normalized spacial score (nSPS) is 10.7. The number of halogens is 1. The fourth-order valence-electron chi connectivity index (χ4n) is 2.32. The molecule has 6 heteroatoms. The van der Waals surface area contributed by atoms with Crippen LogP contribution in [0.4, 0.5) is 0 Å². The Labute approximate surface area is 161 Å². The largest absolute Gasteiger partial charge is 0.507 e. The predicted molar refractivity (Wildman–Crippen MR) is 105 cm³/mol. The van der Waals surface area contributed by atoms with Crippen molar-refractivity contribution >= 4 is 23.7 Å². The van der Waals surface area contributed by atoms with E-state index in [1.807, 2.05) is 48.5 Å². The third-order valence-electron chi connectivity index (χ3n) is 3.71. The molecule has 27 heavy (non-hydrogen) atoms. The highest BCUT2D eigenvalue weighted by Crippen LogP contribution is 2.16. The second-order valence-electron chi connectivity index (χ2n) is 5.70. The van der Waals surface area contributed by atoms with Gasteiger partial charge in [0.2, 0.25) is 0 Å². The predicted octanol–water partition coefficient (Wildman–Crippen LogP) is 4.39. The summed E-state index contributed by atoms with van der Waals surface area (Å²) in [4.78, 5) is 12.0. The van der Waals surface area contributed by atoms with Crippen molar-refractivity contribution in [3.63, 3.8) is 0 Å².